The third kappa shape index (κ3) is 8.79. The summed E-state index contributed by atoms with van der Waals surface area (Å²) in [6.07, 6.45) is -1.69. The van der Waals surface area contributed by atoms with Gasteiger partial charge in [-0.1, -0.05) is 18.2 Å². The van der Waals surface area contributed by atoms with Crippen LogP contribution < -0.4 is 16.5 Å². The molecule has 0 aliphatic heterocycles. The summed E-state index contributed by atoms with van der Waals surface area (Å²) in [7, 11) is 0. The molecule has 13 nitrogen and oxygen atoms in total. The molecule has 1 rings (SSSR count). The Labute approximate surface area is 182 Å². The fourth-order valence-corrected chi connectivity index (χ4v) is 2.58. The van der Waals surface area contributed by atoms with Gasteiger partial charge >= 0.3 is 17.9 Å². The van der Waals surface area contributed by atoms with Crippen molar-refractivity contribution in [1.29, 1.82) is 0 Å². The van der Waals surface area contributed by atoms with Crippen LogP contribution in [-0.4, -0.2) is 74.6 Å². The number of amides is 3. The van der Waals surface area contributed by atoms with Crippen LogP contribution in [0, 0.1) is 0 Å². The fourth-order valence-electron chi connectivity index (χ4n) is 2.58. The molecular weight excluding hydrogens is 428 g/mol. The smallest absolute Gasteiger partial charge is 0.326 e. The zero-order chi connectivity index (χ0) is 24.3. The zero-order valence-electron chi connectivity index (χ0n) is 16.9. The number of rotatable bonds is 13. The summed E-state index contributed by atoms with van der Waals surface area (Å²) in [5.41, 5.74) is 0.156. The predicted octanol–water partition coefficient (Wildman–Crippen LogP) is -1.21. The molecule has 7 N–H and O–H groups in total. The SMILES string of the molecule is NN(C(=O)c1ccccc1)[C@@H](CCC(=O)O)C(=O)NCC(=O)N[C@@H](CCC(=O)O)C(=O)O. The highest BCUT2D eigenvalue weighted by atomic mass is 16.4. The highest BCUT2D eigenvalue weighted by Gasteiger charge is 2.29. The van der Waals surface area contributed by atoms with E-state index in [4.69, 9.17) is 21.2 Å². The van der Waals surface area contributed by atoms with Gasteiger partial charge in [-0.15, -0.1) is 0 Å². The first-order valence-electron chi connectivity index (χ1n) is 9.39. The van der Waals surface area contributed by atoms with Crippen molar-refractivity contribution in [1.82, 2.24) is 15.6 Å². The molecule has 0 heterocycles. The summed E-state index contributed by atoms with van der Waals surface area (Å²) >= 11 is 0. The molecule has 0 aliphatic carbocycles. The van der Waals surface area contributed by atoms with Crippen LogP contribution in [0.4, 0.5) is 0 Å². The van der Waals surface area contributed by atoms with Crippen molar-refractivity contribution in [2.45, 2.75) is 37.8 Å². The first kappa shape index (κ1) is 26.0. The fraction of sp³-hybridized carbons (Fsp3) is 0.368. The number of nitrogens with zero attached hydrogens (tertiary/aromatic N) is 1. The molecule has 174 valence electrons. The van der Waals surface area contributed by atoms with Crippen molar-refractivity contribution in [3.63, 3.8) is 0 Å². The van der Waals surface area contributed by atoms with E-state index >= 15 is 0 Å². The molecular formula is C19H24N4O9. The van der Waals surface area contributed by atoms with Crippen LogP contribution in [0.5, 0.6) is 0 Å². The molecule has 1 aromatic carbocycles. The third-order valence-electron chi connectivity index (χ3n) is 4.23. The number of hydrogen-bond donors (Lipinski definition) is 6. The lowest BCUT2D eigenvalue weighted by Crippen LogP contribution is -2.55. The van der Waals surface area contributed by atoms with Gasteiger partial charge in [0.05, 0.1) is 6.54 Å². The molecule has 1 aromatic rings. The molecule has 0 saturated heterocycles. The summed E-state index contributed by atoms with van der Waals surface area (Å²) in [6, 6.07) is 4.79. The van der Waals surface area contributed by atoms with Gasteiger partial charge in [0.1, 0.15) is 12.1 Å². The van der Waals surface area contributed by atoms with E-state index in [2.05, 4.69) is 10.6 Å². The van der Waals surface area contributed by atoms with Crippen molar-refractivity contribution in [2.75, 3.05) is 6.54 Å². The maximum Gasteiger partial charge on any atom is 0.326 e. The standard InChI is InChI=1S/C19H24N4O9/c20-23(18(30)11-4-2-1-3-5-11)13(7-9-16(27)28)17(29)21-10-14(24)22-12(19(31)32)6-8-15(25)26/h1-5,12-13H,6-10,20H2,(H,21,29)(H,22,24)(H,25,26)(H,27,28)(H,31,32)/t12-,13-/m0/s1. The monoisotopic (exact) mass is 452 g/mol. The summed E-state index contributed by atoms with van der Waals surface area (Å²) in [6.45, 7) is -0.702. The first-order valence-corrected chi connectivity index (χ1v) is 9.39. The van der Waals surface area contributed by atoms with Gasteiger partial charge in [-0.3, -0.25) is 29.0 Å². The number of nitrogens with one attached hydrogen (secondary N) is 2. The van der Waals surface area contributed by atoms with Gasteiger partial charge in [-0.2, -0.15) is 0 Å². The molecule has 0 radical (unpaired) electrons. The minimum absolute atomic E-state index is 0.156. The molecule has 0 bridgehead atoms. The predicted molar refractivity (Wildman–Crippen MR) is 107 cm³/mol. The summed E-state index contributed by atoms with van der Waals surface area (Å²) in [5, 5.41) is 31.4. The molecule has 3 amide bonds. The number of nitrogens with two attached hydrogens (primary N) is 1. The van der Waals surface area contributed by atoms with Crippen LogP contribution in [0.15, 0.2) is 30.3 Å². The summed E-state index contributed by atoms with van der Waals surface area (Å²) in [5.74, 6) is -0.757. The molecule has 0 unspecified atom stereocenters. The van der Waals surface area contributed by atoms with Gasteiger partial charge in [0.15, 0.2) is 0 Å². The minimum atomic E-state index is -1.48. The summed E-state index contributed by atoms with van der Waals surface area (Å²) < 4.78 is 0. The zero-order valence-corrected chi connectivity index (χ0v) is 16.9. The number of carboxylic acid groups (broad SMARTS) is 3. The van der Waals surface area contributed by atoms with Gasteiger partial charge in [0, 0.05) is 18.4 Å². The van der Waals surface area contributed by atoms with E-state index in [1.54, 1.807) is 18.2 Å². The molecule has 0 spiro atoms. The van der Waals surface area contributed by atoms with Crippen molar-refractivity contribution in [2.24, 2.45) is 5.84 Å². The Balaban J connectivity index is 2.79. The topological polar surface area (TPSA) is 216 Å². The lowest BCUT2D eigenvalue weighted by Gasteiger charge is -2.26. The number of carbonyl (C=O) groups excluding carboxylic acids is 3. The van der Waals surface area contributed by atoms with E-state index < -0.39 is 67.1 Å². The van der Waals surface area contributed by atoms with Crippen molar-refractivity contribution < 1.29 is 44.1 Å². The molecule has 0 aliphatic rings. The van der Waals surface area contributed by atoms with Crippen LogP contribution in [0.25, 0.3) is 0 Å². The van der Waals surface area contributed by atoms with Crippen LogP contribution in [0.1, 0.15) is 36.0 Å². The van der Waals surface area contributed by atoms with E-state index in [1.165, 1.54) is 12.1 Å². The van der Waals surface area contributed by atoms with Gasteiger partial charge in [0.2, 0.25) is 11.8 Å². The average Bonchev–Trinajstić information content (AvgIpc) is 2.74. The van der Waals surface area contributed by atoms with E-state index in [9.17, 15) is 28.8 Å². The Morgan fingerprint density at radius 3 is 2.00 bits per heavy atom. The minimum Gasteiger partial charge on any atom is -0.481 e. The van der Waals surface area contributed by atoms with Crippen molar-refractivity contribution in [3.8, 4) is 0 Å². The number of carbonyl (C=O) groups is 6. The van der Waals surface area contributed by atoms with E-state index in [1.807, 2.05) is 0 Å². The summed E-state index contributed by atoms with van der Waals surface area (Å²) in [4.78, 5) is 69.6. The quantitative estimate of drug-likeness (QED) is 0.119. The van der Waals surface area contributed by atoms with Crippen molar-refractivity contribution in [3.05, 3.63) is 35.9 Å². The largest absolute Gasteiger partial charge is 0.481 e. The van der Waals surface area contributed by atoms with Crippen LogP contribution in [0.3, 0.4) is 0 Å². The Hall–Kier alpha value is -4.00. The number of hydrazine groups is 1. The highest BCUT2D eigenvalue weighted by Crippen LogP contribution is 2.10. The average molecular weight is 452 g/mol. The van der Waals surface area contributed by atoms with Crippen molar-refractivity contribution >= 4 is 35.6 Å². The Morgan fingerprint density at radius 2 is 1.47 bits per heavy atom. The number of aliphatic carboxylic acids is 3. The highest BCUT2D eigenvalue weighted by molar-refractivity contribution is 5.98. The number of hydrogen-bond acceptors (Lipinski definition) is 7. The Bertz CT molecular complexity index is 860. The van der Waals surface area contributed by atoms with Crippen LogP contribution in [-0.2, 0) is 24.0 Å². The molecule has 0 saturated carbocycles. The van der Waals surface area contributed by atoms with Crippen LogP contribution >= 0.6 is 0 Å². The van der Waals surface area contributed by atoms with Crippen LogP contribution in [0.2, 0.25) is 0 Å². The van der Waals surface area contributed by atoms with E-state index in [0.717, 1.165) is 0 Å². The first-order chi connectivity index (χ1) is 15.0. The lowest BCUT2D eigenvalue weighted by molar-refractivity contribution is -0.143. The normalized spacial score (nSPS) is 12.2. The van der Waals surface area contributed by atoms with Gasteiger partial charge in [-0.25, -0.2) is 10.6 Å². The lowest BCUT2D eigenvalue weighted by atomic mass is 10.1. The number of benzene rings is 1. The maximum absolute atomic E-state index is 12.5. The molecule has 32 heavy (non-hydrogen) atoms. The second-order valence-electron chi connectivity index (χ2n) is 6.64. The van der Waals surface area contributed by atoms with Gasteiger partial charge in [-0.05, 0) is 25.0 Å². The maximum atomic E-state index is 12.5. The van der Waals surface area contributed by atoms with E-state index in [0.29, 0.717) is 5.01 Å². The molecule has 0 aromatic heterocycles. The van der Waals surface area contributed by atoms with Gasteiger partial charge in [0.25, 0.3) is 5.91 Å². The van der Waals surface area contributed by atoms with E-state index in [-0.39, 0.29) is 18.4 Å². The third-order valence-corrected chi connectivity index (χ3v) is 4.23. The second-order valence-corrected chi connectivity index (χ2v) is 6.64. The van der Waals surface area contributed by atoms with Gasteiger partial charge < -0.3 is 26.0 Å². The Morgan fingerprint density at radius 1 is 0.906 bits per heavy atom. The molecule has 13 heteroatoms. The molecule has 0 fully saturated rings. The molecule has 2 atom stereocenters. The Kier molecular flexibility index (Phi) is 10.3. The number of carboxylic acids is 3. The second kappa shape index (κ2) is 12.6.